The molecule has 0 saturated carbocycles. The van der Waals surface area contributed by atoms with Crippen LogP contribution in [0.3, 0.4) is 0 Å². The second-order valence-corrected chi connectivity index (χ2v) is 7.20. The van der Waals surface area contributed by atoms with Crippen LogP contribution >= 0.6 is 0 Å². The predicted octanol–water partition coefficient (Wildman–Crippen LogP) is 5.87. The Morgan fingerprint density at radius 2 is 1.92 bits per heavy atom. The molecule has 0 heterocycles. The third kappa shape index (κ3) is 5.23. The Morgan fingerprint density at radius 3 is 2.62 bits per heavy atom. The minimum Gasteiger partial charge on any atom is -0.458 e. The lowest BCUT2D eigenvalue weighted by Crippen LogP contribution is -2.32. The summed E-state index contributed by atoms with van der Waals surface area (Å²) in [4.78, 5) is 12.5. The molecule has 2 rings (SSSR count). The highest BCUT2D eigenvalue weighted by Gasteiger charge is 2.30. The van der Waals surface area contributed by atoms with E-state index in [1.54, 1.807) is 12.1 Å². The molecule has 1 atom stereocenters. The molecule has 0 aliphatic heterocycles. The number of esters is 1. The average molecular weight is 324 g/mol. The monoisotopic (exact) mass is 324 g/mol. The first-order valence-electron chi connectivity index (χ1n) is 8.67. The minimum atomic E-state index is -0.252. The molecule has 0 fully saturated rings. The van der Waals surface area contributed by atoms with E-state index in [9.17, 15) is 4.79 Å². The van der Waals surface area contributed by atoms with Crippen molar-refractivity contribution < 1.29 is 9.53 Å². The fourth-order valence-electron chi connectivity index (χ4n) is 2.84. The van der Waals surface area contributed by atoms with Crippen LogP contribution in [0.4, 0.5) is 0 Å². The van der Waals surface area contributed by atoms with Crippen LogP contribution < -0.4 is 0 Å². The minimum absolute atomic E-state index is 0.171. The second kappa shape index (κ2) is 8.14. The molecule has 2 heteroatoms. The Morgan fingerprint density at radius 1 is 1.21 bits per heavy atom. The molecule has 2 nitrogen and oxygen atoms in total. The standard InChI is InChI=1S/C22H28O2/c1-17-9-8-10-18(2)15-16-22(3,4)20(14-13-17)24-21(23)19-11-6-5-7-12-19/h5-7,9,11-12,15-16,20H,2,8,10,13-14H2,1,3-4H3/t20-/m1/s1. The Labute approximate surface area is 145 Å². The molecule has 128 valence electrons. The van der Waals surface area contributed by atoms with E-state index in [0.29, 0.717) is 5.56 Å². The summed E-state index contributed by atoms with van der Waals surface area (Å²) in [7, 11) is 0. The molecular formula is C22H28O2. The van der Waals surface area contributed by atoms with Gasteiger partial charge < -0.3 is 4.74 Å². The summed E-state index contributed by atoms with van der Waals surface area (Å²) < 4.78 is 5.90. The first-order valence-corrected chi connectivity index (χ1v) is 8.67. The van der Waals surface area contributed by atoms with E-state index in [1.165, 1.54) is 5.57 Å². The van der Waals surface area contributed by atoms with Crippen molar-refractivity contribution in [2.45, 2.75) is 52.6 Å². The summed E-state index contributed by atoms with van der Waals surface area (Å²) in [5.41, 5.74) is 2.82. The zero-order valence-corrected chi connectivity index (χ0v) is 15.0. The largest absolute Gasteiger partial charge is 0.458 e. The van der Waals surface area contributed by atoms with Crippen molar-refractivity contribution in [3.05, 3.63) is 71.8 Å². The first-order chi connectivity index (χ1) is 11.4. The van der Waals surface area contributed by atoms with Gasteiger partial charge in [-0.15, -0.1) is 0 Å². The zero-order chi connectivity index (χ0) is 17.6. The van der Waals surface area contributed by atoms with Crippen molar-refractivity contribution in [2.24, 2.45) is 5.41 Å². The third-order valence-corrected chi connectivity index (χ3v) is 4.60. The molecular weight excluding hydrogens is 296 g/mol. The molecule has 1 aromatic rings. The maximum absolute atomic E-state index is 12.5. The molecule has 1 aliphatic rings. The lowest BCUT2D eigenvalue weighted by atomic mass is 9.82. The number of allylic oxidation sites excluding steroid dienone is 4. The van der Waals surface area contributed by atoms with Crippen molar-refractivity contribution >= 4 is 5.97 Å². The van der Waals surface area contributed by atoms with Gasteiger partial charge in [-0.2, -0.15) is 0 Å². The highest BCUT2D eigenvalue weighted by molar-refractivity contribution is 5.89. The molecule has 0 saturated heterocycles. The van der Waals surface area contributed by atoms with Crippen LogP contribution in [0, 0.1) is 5.41 Å². The van der Waals surface area contributed by atoms with Gasteiger partial charge in [-0.25, -0.2) is 4.79 Å². The number of carbonyl (C=O) groups excluding carboxylic acids is 1. The highest BCUT2D eigenvalue weighted by Crippen LogP contribution is 2.32. The summed E-state index contributed by atoms with van der Waals surface area (Å²) in [5, 5.41) is 0. The Bertz CT molecular complexity index is 635. The van der Waals surface area contributed by atoms with E-state index < -0.39 is 0 Å². The molecule has 24 heavy (non-hydrogen) atoms. The van der Waals surface area contributed by atoms with Gasteiger partial charge in [-0.3, -0.25) is 0 Å². The van der Waals surface area contributed by atoms with Gasteiger partial charge >= 0.3 is 5.97 Å². The lowest BCUT2D eigenvalue weighted by molar-refractivity contribution is 0.00160. The van der Waals surface area contributed by atoms with Crippen LogP contribution in [0.15, 0.2) is 66.3 Å². The van der Waals surface area contributed by atoms with E-state index in [1.807, 2.05) is 18.2 Å². The average Bonchev–Trinajstić information content (AvgIpc) is 2.58. The van der Waals surface area contributed by atoms with Gasteiger partial charge in [0.15, 0.2) is 0 Å². The maximum atomic E-state index is 12.5. The number of carbonyl (C=O) groups is 1. The van der Waals surface area contributed by atoms with Crippen LogP contribution in [0.5, 0.6) is 0 Å². The molecule has 0 spiro atoms. The zero-order valence-electron chi connectivity index (χ0n) is 15.0. The van der Waals surface area contributed by atoms with Crippen LogP contribution in [-0.2, 0) is 4.74 Å². The van der Waals surface area contributed by atoms with Gasteiger partial charge in [0.05, 0.1) is 5.56 Å². The topological polar surface area (TPSA) is 26.3 Å². The number of hydrogen-bond acceptors (Lipinski definition) is 2. The maximum Gasteiger partial charge on any atom is 0.338 e. The van der Waals surface area contributed by atoms with Crippen molar-refractivity contribution in [2.75, 3.05) is 0 Å². The highest BCUT2D eigenvalue weighted by atomic mass is 16.5. The molecule has 1 aromatic carbocycles. The van der Waals surface area contributed by atoms with Crippen molar-refractivity contribution in [1.29, 1.82) is 0 Å². The first kappa shape index (κ1) is 18.3. The van der Waals surface area contributed by atoms with E-state index in [2.05, 4.69) is 45.6 Å². The van der Waals surface area contributed by atoms with Crippen LogP contribution in [0.25, 0.3) is 0 Å². The van der Waals surface area contributed by atoms with Crippen molar-refractivity contribution in [1.82, 2.24) is 0 Å². The molecule has 0 amide bonds. The van der Waals surface area contributed by atoms with Crippen molar-refractivity contribution in [3.63, 3.8) is 0 Å². The SMILES string of the molecule is C=C1C=CC(C)(C)[C@H](OC(=O)c2ccccc2)CCC(C)=CCC1. The quantitative estimate of drug-likeness (QED) is 0.502. The van der Waals surface area contributed by atoms with Crippen LogP contribution in [-0.4, -0.2) is 12.1 Å². The fourth-order valence-corrected chi connectivity index (χ4v) is 2.84. The molecule has 1 aliphatic carbocycles. The Balaban J connectivity index is 2.21. The Hall–Kier alpha value is -2.09. The predicted molar refractivity (Wildman–Crippen MR) is 99.9 cm³/mol. The number of ether oxygens (including phenoxy) is 1. The summed E-state index contributed by atoms with van der Waals surface area (Å²) >= 11 is 0. The van der Waals surface area contributed by atoms with E-state index in [0.717, 1.165) is 31.3 Å². The third-order valence-electron chi connectivity index (χ3n) is 4.60. The summed E-state index contributed by atoms with van der Waals surface area (Å²) in [6.07, 6.45) is 10.1. The summed E-state index contributed by atoms with van der Waals surface area (Å²) in [6.45, 7) is 10.5. The second-order valence-electron chi connectivity index (χ2n) is 7.20. The number of benzene rings is 1. The normalized spacial score (nSPS) is 21.5. The van der Waals surface area contributed by atoms with E-state index in [4.69, 9.17) is 4.74 Å². The lowest BCUT2D eigenvalue weighted by Gasteiger charge is -2.31. The van der Waals surface area contributed by atoms with E-state index in [-0.39, 0.29) is 17.5 Å². The summed E-state index contributed by atoms with van der Waals surface area (Å²) in [5.74, 6) is -0.252. The van der Waals surface area contributed by atoms with Crippen molar-refractivity contribution in [3.8, 4) is 0 Å². The molecule has 0 radical (unpaired) electrons. The molecule has 0 N–H and O–H groups in total. The van der Waals surface area contributed by atoms with Gasteiger partial charge in [0.2, 0.25) is 0 Å². The number of hydrogen-bond donors (Lipinski definition) is 0. The fraction of sp³-hybridized carbons (Fsp3) is 0.409. The van der Waals surface area contributed by atoms with E-state index >= 15 is 0 Å². The van der Waals surface area contributed by atoms with Gasteiger partial charge in [0.1, 0.15) is 6.10 Å². The summed E-state index contributed by atoms with van der Waals surface area (Å²) in [6, 6.07) is 9.20. The molecule has 0 aromatic heterocycles. The van der Waals surface area contributed by atoms with Crippen LogP contribution in [0.1, 0.15) is 56.8 Å². The van der Waals surface area contributed by atoms with Gasteiger partial charge in [-0.05, 0) is 44.7 Å². The number of rotatable bonds is 2. The Kier molecular flexibility index (Phi) is 6.19. The molecule has 0 bridgehead atoms. The smallest absolute Gasteiger partial charge is 0.338 e. The van der Waals surface area contributed by atoms with Gasteiger partial charge in [-0.1, -0.05) is 68.0 Å². The van der Waals surface area contributed by atoms with Gasteiger partial charge in [0, 0.05) is 5.41 Å². The van der Waals surface area contributed by atoms with Crippen LogP contribution in [0.2, 0.25) is 0 Å². The molecule has 0 unspecified atom stereocenters. The van der Waals surface area contributed by atoms with Gasteiger partial charge in [0.25, 0.3) is 0 Å².